The zero-order valence-corrected chi connectivity index (χ0v) is 10.7. The summed E-state index contributed by atoms with van der Waals surface area (Å²) in [5.74, 6) is -1.04. The highest BCUT2D eigenvalue weighted by Gasteiger charge is 2.20. The van der Waals surface area contributed by atoms with Crippen molar-refractivity contribution in [3.05, 3.63) is 23.5 Å². The van der Waals surface area contributed by atoms with E-state index in [-0.39, 0.29) is 12.2 Å². The lowest BCUT2D eigenvalue weighted by molar-refractivity contribution is 0.193. The van der Waals surface area contributed by atoms with Gasteiger partial charge in [0.2, 0.25) is 0 Å². The van der Waals surface area contributed by atoms with Crippen LogP contribution in [0.15, 0.2) is 17.0 Å². The van der Waals surface area contributed by atoms with E-state index in [1.54, 1.807) is 6.92 Å². The molecule has 0 spiro atoms. The molecular formula is C11H15FO4S. The van der Waals surface area contributed by atoms with E-state index in [1.165, 1.54) is 19.2 Å². The molecule has 0 bridgehead atoms. The van der Waals surface area contributed by atoms with Gasteiger partial charge in [0.15, 0.2) is 21.4 Å². The number of halogens is 1. The highest BCUT2D eigenvalue weighted by atomic mass is 32.2. The SMILES string of the molecule is COc1c(CC(C)O)ccc(S(C)(=O)=O)c1F. The van der Waals surface area contributed by atoms with Crippen molar-refractivity contribution in [1.82, 2.24) is 0 Å². The molecule has 1 aromatic rings. The van der Waals surface area contributed by atoms with Gasteiger partial charge in [0.1, 0.15) is 4.90 Å². The van der Waals surface area contributed by atoms with Crippen LogP contribution in [0.5, 0.6) is 5.75 Å². The van der Waals surface area contributed by atoms with Gasteiger partial charge in [0.05, 0.1) is 13.2 Å². The molecule has 0 aliphatic rings. The second-order valence-electron chi connectivity index (χ2n) is 3.90. The molecule has 0 aliphatic carbocycles. The van der Waals surface area contributed by atoms with Crippen LogP contribution in [0.3, 0.4) is 0 Å². The fraction of sp³-hybridized carbons (Fsp3) is 0.455. The summed E-state index contributed by atoms with van der Waals surface area (Å²) in [6.07, 6.45) is 0.468. The summed E-state index contributed by atoms with van der Waals surface area (Å²) in [5.41, 5.74) is 0.437. The number of rotatable bonds is 4. The number of methoxy groups -OCH3 is 1. The first-order valence-electron chi connectivity index (χ1n) is 5.01. The maximum atomic E-state index is 13.9. The van der Waals surface area contributed by atoms with Crippen LogP contribution in [0, 0.1) is 5.82 Å². The molecule has 0 aliphatic heterocycles. The second-order valence-corrected chi connectivity index (χ2v) is 5.88. The van der Waals surface area contributed by atoms with Crippen molar-refractivity contribution in [2.45, 2.75) is 24.3 Å². The Morgan fingerprint density at radius 2 is 2.06 bits per heavy atom. The lowest BCUT2D eigenvalue weighted by atomic mass is 10.1. The Labute approximate surface area is 100.0 Å². The van der Waals surface area contributed by atoms with Gasteiger partial charge in [-0.3, -0.25) is 0 Å². The van der Waals surface area contributed by atoms with Crippen LogP contribution in [0.1, 0.15) is 12.5 Å². The van der Waals surface area contributed by atoms with E-state index in [9.17, 15) is 17.9 Å². The summed E-state index contributed by atoms with van der Waals surface area (Å²) in [7, 11) is -2.37. The third-order valence-corrected chi connectivity index (χ3v) is 3.38. The summed E-state index contributed by atoms with van der Waals surface area (Å²) in [6, 6.07) is 2.63. The minimum atomic E-state index is -3.63. The first-order valence-corrected chi connectivity index (χ1v) is 6.90. The molecule has 0 saturated heterocycles. The monoisotopic (exact) mass is 262 g/mol. The Kier molecular flexibility index (Phi) is 4.11. The smallest absolute Gasteiger partial charge is 0.183 e. The summed E-state index contributed by atoms with van der Waals surface area (Å²) < 4.78 is 41.4. The average Bonchev–Trinajstić information content (AvgIpc) is 2.15. The van der Waals surface area contributed by atoms with E-state index in [4.69, 9.17) is 4.74 Å². The molecule has 96 valence electrons. The molecule has 1 rings (SSSR count). The number of benzene rings is 1. The highest BCUT2D eigenvalue weighted by Crippen LogP contribution is 2.29. The van der Waals surface area contributed by atoms with Gasteiger partial charge < -0.3 is 9.84 Å². The van der Waals surface area contributed by atoms with Crippen LogP contribution in [-0.4, -0.2) is 33.0 Å². The summed E-state index contributed by atoms with van der Waals surface area (Å²) >= 11 is 0. The largest absolute Gasteiger partial charge is 0.493 e. The van der Waals surface area contributed by atoms with E-state index >= 15 is 0 Å². The standard InChI is InChI=1S/C11H15FO4S/c1-7(13)6-8-4-5-9(17(3,14)15)10(12)11(8)16-2/h4-5,7,13H,6H2,1-3H3. The molecule has 0 heterocycles. The molecule has 17 heavy (non-hydrogen) atoms. The van der Waals surface area contributed by atoms with Gasteiger partial charge in [0, 0.05) is 12.7 Å². The second kappa shape index (κ2) is 5.01. The molecular weight excluding hydrogens is 247 g/mol. The summed E-state index contributed by atoms with van der Waals surface area (Å²) in [6.45, 7) is 1.56. The van der Waals surface area contributed by atoms with Gasteiger partial charge in [-0.25, -0.2) is 12.8 Å². The van der Waals surface area contributed by atoms with Crippen molar-refractivity contribution in [3.8, 4) is 5.75 Å². The molecule has 4 nitrogen and oxygen atoms in total. The zero-order valence-electron chi connectivity index (χ0n) is 9.90. The predicted molar refractivity (Wildman–Crippen MR) is 61.4 cm³/mol. The first-order chi connectivity index (χ1) is 7.77. The van der Waals surface area contributed by atoms with Crippen molar-refractivity contribution in [3.63, 3.8) is 0 Å². The number of ether oxygens (including phenoxy) is 1. The quantitative estimate of drug-likeness (QED) is 0.884. The predicted octanol–water partition coefficient (Wildman–Crippen LogP) is 1.16. The molecule has 1 N–H and O–H groups in total. The van der Waals surface area contributed by atoms with E-state index in [0.29, 0.717) is 5.56 Å². The van der Waals surface area contributed by atoms with Crippen LogP contribution < -0.4 is 4.74 Å². The number of aliphatic hydroxyl groups is 1. The maximum Gasteiger partial charge on any atom is 0.183 e. The number of aliphatic hydroxyl groups excluding tert-OH is 1. The van der Waals surface area contributed by atoms with Crippen LogP contribution in [0.4, 0.5) is 4.39 Å². The van der Waals surface area contributed by atoms with Crippen LogP contribution in [-0.2, 0) is 16.3 Å². The van der Waals surface area contributed by atoms with Crippen molar-refractivity contribution in [2.24, 2.45) is 0 Å². The minimum absolute atomic E-state index is 0.131. The Hall–Kier alpha value is -1.14. The molecule has 0 amide bonds. The lowest BCUT2D eigenvalue weighted by Gasteiger charge is -2.13. The number of sulfone groups is 1. The van der Waals surface area contributed by atoms with Gasteiger partial charge in [-0.15, -0.1) is 0 Å². The number of hydrogen-bond acceptors (Lipinski definition) is 4. The molecule has 1 aromatic carbocycles. The Morgan fingerprint density at radius 1 is 1.47 bits per heavy atom. The third-order valence-electron chi connectivity index (χ3n) is 2.26. The van der Waals surface area contributed by atoms with Crippen LogP contribution in [0.25, 0.3) is 0 Å². The summed E-state index contributed by atoms with van der Waals surface area (Å²) in [4.78, 5) is -0.399. The van der Waals surface area contributed by atoms with E-state index in [1.807, 2.05) is 0 Å². The Bertz CT molecular complexity index is 508. The fourth-order valence-corrected chi connectivity index (χ4v) is 2.30. The van der Waals surface area contributed by atoms with Gasteiger partial charge in [-0.05, 0) is 18.6 Å². The molecule has 6 heteroatoms. The van der Waals surface area contributed by atoms with Crippen LogP contribution >= 0.6 is 0 Å². The molecule has 1 atom stereocenters. The van der Waals surface area contributed by atoms with Gasteiger partial charge in [-0.2, -0.15) is 0 Å². The minimum Gasteiger partial charge on any atom is -0.493 e. The van der Waals surface area contributed by atoms with Gasteiger partial charge in [-0.1, -0.05) is 6.07 Å². The average molecular weight is 262 g/mol. The number of hydrogen-bond donors (Lipinski definition) is 1. The Morgan fingerprint density at radius 3 is 2.47 bits per heavy atom. The topological polar surface area (TPSA) is 63.6 Å². The molecule has 0 radical (unpaired) electrons. The van der Waals surface area contributed by atoms with Crippen molar-refractivity contribution in [2.75, 3.05) is 13.4 Å². The summed E-state index contributed by atoms with van der Waals surface area (Å²) in [5, 5.41) is 9.25. The normalized spacial score (nSPS) is 13.5. The van der Waals surface area contributed by atoms with Gasteiger partial charge >= 0.3 is 0 Å². The zero-order chi connectivity index (χ0) is 13.2. The van der Waals surface area contributed by atoms with Crippen molar-refractivity contribution in [1.29, 1.82) is 0 Å². The van der Waals surface area contributed by atoms with Crippen LogP contribution in [0.2, 0.25) is 0 Å². The van der Waals surface area contributed by atoms with Gasteiger partial charge in [0.25, 0.3) is 0 Å². The van der Waals surface area contributed by atoms with E-state index in [0.717, 1.165) is 6.26 Å². The Balaban J connectivity index is 3.37. The third kappa shape index (κ3) is 3.17. The first kappa shape index (κ1) is 13.9. The van der Waals surface area contributed by atoms with Crippen molar-refractivity contribution < 1.29 is 22.7 Å². The fourth-order valence-electron chi connectivity index (χ4n) is 1.56. The van der Waals surface area contributed by atoms with E-state index < -0.39 is 26.7 Å². The highest BCUT2D eigenvalue weighted by molar-refractivity contribution is 7.90. The molecule has 1 unspecified atom stereocenters. The molecule has 0 aromatic heterocycles. The van der Waals surface area contributed by atoms with Crippen molar-refractivity contribution >= 4 is 9.84 Å². The lowest BCUT2D eigenvalue weighted by Crippen LogP contribution is -2.09. The maximum absolute atomic E-state index is 13.9. The molecule has 0 fully saturated rings. The van der Waals surface area contributed by atoms with E-state index in [2.05, 4.69) is 0 Å². The molecule has 0 saturated carbocycles.